The van der Waals surface area contributed by atoms with Crippen molar-refractivity contribution in [3.05, 3.63) is 90.9 Å². The second-order valence-corrected chi connectivity index (χ2v) is 8.93. The zero-order chi connectivity index (χ0) is 27.5. The highest BCUT2D eigenvalue weighted by Crippen LogP contribution is 2.33. The minimum atomic E-state index is -0.468. The number of likely N-dealkylation sites (N-methyl/N-ethyl adjacent to an activating group) is 1. The predicted octanol–water partition coefficient (Wildman–Crippen LogP) is 5.55. The zero-order valence-electron chi connectivity index (χ0n) is 21.7. The van der Waals surface area contributed by atoms with Crippen LogP contribution in [0.4, 0.5) is 15.9 Å². The number of nitrogens with zero attached hydrogens (tertiary/aromatic N) is 6. The Kier molecular flexibility index (Phi) is 7.00. The average Bonchev–Trinajstić information content (AvgIpc) is 3.32. The van der Waals surface area contributed by atoms with Gasteiger partial charge in [0.1, 0.15) is 23.3 Å². The van der Waals surface area contributed by atoms with Gasteiger partial charge in [0.15, 0.2) is 11.6 Å². The Labute approximate surface area is 224 Å². The zero-order valence-corrected chi connectivity index (χ0v) is 21.7. The summed E-state index contributed by atoms with van der Waals surface area (Å²) in [6, 6.07) is 12.5. The quantitative estimate of drug-likeness (QED) is 0.266. The second kappa shape index (κ2) is 10.7. The Morgan fingerprint density at radius 2 is 2.00 bits per heavy atom. The summed E-state index contributed by atoms with van der Waals surface area (Å²) in [6.07, 6.45) is 8.00. The van der Waals surface area contributed by atoms with Crippen molar-refractivity contribution in [3.63, 3.8) is 0 Å². The number of halogens is 1. The fourth-order valence-electron chi connectivity index (χ4n) is 4.03. The number of ether oxygens (including phenoxy) is 1. The molecule has 3 aromatic heterocycles. The Morgan fingerprint density at radius 3 is 2.82 bits per heavy atom. The van der Waals surface area contributed by atoms with Gasteiger partial charge in [0.2, 0.25) is 5.91 Å². The van der Waals surface area contributed by atoms with Crippen LogP contribution in [0.15, 0.2) is 73.9 Å². The number of hydrogen-bond donors (Lipinski definition) is 1. The molecule has 39 heavy (non-hydrogen) atoms. The molecule has 2 aromatic carbocycles. The van der Waals surface area contributed by atoms with Crippen LogP contribution in [-0.4, -0.2) is 48.9 Å². The van der Waals surface area contributed by atoms with Crippen LogP contribution in [0.5, 0.6) is 11.5 Å². The number of benzene rings is 2. The van der Waals surface area contributed by atoms with Gasteiger partial charge in [0.25, 0.3) is 0 Å². The molecule has 196 valence electrons. The second-order valence-electron chi connectivity index (χ2n) is 8.93. The molecule has 0 fully saturated rings. The number of carbonyl (C=O) groups is 1. The number of aromatic nitrogens is 5. The smallest absolute Gasteiger partial charge is 0.245 e. The first kappa shape index (κ1) is 25.5. The first-order chi connectivity index (χ1) is 18.8. The Balaban J connectivity index is 1.38. The molecule has 1 amide bonds. The fraction of sp³-hybridized carbons (Fsp3) is 0.138. The number of imidazole rings is 1. The molecule has 0 aliphatic rings. The van der Waals surface area contributed by atoms with Gasteiger partial charge in [0.05, 0.1) is 34.3 Å². The summed E-state index contributed by atoms with van der Waals surface area (Å²) in [5, 5.41) is 3.05. The lowest BCUT2D eigenvalue weighted by Gasteiger charge is -2.14. The number of anilines is 2. The third-order valence-corrected chi connectivity index (χ3v) is 6.24. The van der Waals surface area contributed by atoms with E-state index in [0.717, 1.165) is 11.0 Å². The van der Waals surface area contributed by atoms with Gasteiger partial charge in [0, 0.05) is 32.3 Å². The van der Waals surface area contributed by atoms with E-state index < -0.39 is 5.82 Å². The number of rotatable bonds is 8. The van der Waals surface area contributed by atoms with Crippen LogP contribution < -0.4 is 10.1 Å². The maximum atomic E-state index is 15.5. The minimum absolute atomic E-state index is 0.172. The number of pyridine rings is 1. The first-order valence-corrected chi connectivity index (χ1v) is 12.1. The molecule has 0 saturated carbocycles. The van der Waals surface area contributed by atoms with Crippen LogP contribution >= 0.6 is 0 Å². The first-order valence-electron chi connectivity index (χ1n) is 12.1. The average molecular weight is 524 g/mol. The van der Waals surface area contributed by atoms with Gasteiger partial charge in [-0.1, -0.05) is 12.7 Å². The highest BCUT2D eigenvalue weighted by molar-refractivity contribution is 5.88. The van der Waals surface area contributed by atoms with Crippen molar-refractivity contribution < 1.29 is 13.9 Å². The van der Waals surface area contributed by atoms with Gasteiger partial charge < -0.3 is 19.5 Å². The van der Waals surface area contributed by atoms with Crippen molar-refractivity contribution in [1.29, 1.82) is 0 Å². The fourth-order valence-corrected chi connectivity index (χ4v) is 4.03. The van der Waals surface area contributed by atoms with E-state index in [4.69, 9.17) is 4.74 Å². The lowest BCUT2D eigenvalue weighted by atomic mass is 10.1. The van der Waals surface area contributed by atoms with Gasteiger partial charge in [-0.25, -0.2) is 24.3 Å². The molecule has 5 aromatic rings. The molecule has 0 aliphatic heterocycles. The molecule has 0 bridgehead atoms. The van der Waals surface area contributed by atoms with Crippen molar-refractivity contribution >= 4 is 45.6 Å². The Bertz CT molecular complexity index is 1750. The van der Waals surface area contributed by atoms with E-state index in [1.807, 2.05) is 48.0 Å². The van der Waals surface area contributed by atoms with E-state index in [1.54, 1.807) is 38.5 Å². The molecule has 0 aliphatic carbocycles. The largest absolute Gasteiger partial charge is 0.457 e. The molecule has 1 N–H and O–H groups in total. The molecule has 3 heterocycles. The Hall–Kier alpha value is -5.12. The summed E-state index contributed by atoms with van der Waals surface area (Å²) in [6.45, 7) is 5.54. The van der Waals surface area contributed by atoms with Gasteiger partial charge in [-0.2, -0.15) is 0 Å². The van der Waals surface area contributed by atoms with Crippen molar-refractivity contribution in [3.8, 4) is 11.5 Å². The maximum absolute atomic E-state index is 15.5. The van der Waals surface area contributed by atoms with Crippen LogP contribution in [0.25, 0.3) is 28.1 Å². The number of carbonyl (C=O) groups excluding carboxylic acids is 1. The number of fused-ring (bicyclic) bond motifs is 2. The summed E-state index contributed by atoms with van der Waals surface area (Å²) in [5.41, 5.74) is 4.07. The number of amides is 1. The van der Waals surface area contributed by atoms with Gasteiger partial charge in [-0.3, -0.25) is 4.79 Å². The van der Waals surface area contributed by atoms with Crippen molar-refractivity contribution in [2.24, 2.45) is 7.05 Å². The third kappa shape index (κ3) is 5.30. The number of aryl methyl sites for hydroxylation is 1. The standard InChI is InChI=1S/C29H26FN7O2/c1-5-26(38)36(3)14-6-7-19-8-10-22-28(34-19)29(32-16-31-22)35-21-11-13-25(18(2)27(21)30)39-20-9-12-24-23(15-20)33-17-37(24)4/h5-13,15-17H,1,14H2,2-4H3,(H,31,32,35)/b7-6+. The van der Waals surface area contributed by atoms with E-state index in [9.17, 15) is 4.79 Å². The lowest BCUT2D eigenvalue weighted by Crippen LogP contribution is -2.24. The molecule has 10 heteroatoms. The number of nitrogens with one attached hydrogen (secondary N) is 1. The molecular weight excluding hydrogens is 497 g/mol. The topological polar surface area (TPSA) is 98.1 Å². The van der Waals surface area contributed by atoms with E-state index >= 15 is 4.39 Å². The monoisotopic (exact) mass is 523 g/mol. The van der Waals surface area contributed by atoms with E-state index in [1.165, 1.54) is 17.3 Å². The molecule has 0 radical (unpaired) electrons. The van der Waals surface area contributed by atoms with E-state index in [-0.39, 0.29) is 11.6 Å². The third-order valence-electron chi connectivity index (χ3n) is 6.24. The van der Waals surface area contributed by atoms with Crippen LogP contribution in [-0.2, 0) is 11.8 Å². The molecule has 0 saturated heterocycles. The lowest BCUT2D eigenvalue weighted by molar-refractivity contribution is -0.124. The highest BCUT2D eigenvalue weighted by Gasteiger charge is 2.15. The highest BCUT2D eigenvalue weighted by atomic mass is 19.1. The minimum Gasteiger partial charge on any atom is -0.457 e. The van der Waals surface area contributed by atoms with Crippen molar-refractivity contribution in [1.82, 2.24) is 29.4 Å². The van der Waals surface area contributed by atoms with Crippen LogP contribution in [0.2, 0.25) is 0 Å². The SMILES string of the molecule is C=CC(=O)N(C)C/C=C/c1ccc2ncnc(Nc3ccc(Oc4ccc5c(c4)ncn5C)c(C)c3F)c2n1. The molecule has 0 unspecified atom stereocenters. The van der Waals surface area contributed by atoms with Crippen LogP contribution in [0.3, 0.4) is 0 Å². The summed E-state index contributed by atoms with van der Waals surface area (Å²) in [5.74, 6) is 0.683. The van der Waals surface area contributed by atoms with Gasteiger partial charge in [-0.05, 0) is 55.5 Å². The molecule has 0 spiro atoms. The molecule has 9 nitrogen and oxygen atoms in total. The van der Waals surface area contributed by atoms with Crippen molar-refractivity contribution in [2.75, 3.05) is 18.9 Å². The summed E-state index contributed by atoms with van der Waals surface area (Å²) in [7, 11) is 3.60. The summed E-state index contributed by atoms with van der Waals surface area (Å²) >= 11 is 0. The maximum Gasteiger partial charge on any atom is 0.245 e. The predicted molar refractivity (Wildman–Crippen MR) is 149 cm³/mol. The van der Waals surface area contributed by atoms with E-state index in [2.05, 4.69) is 31.8 Å². The summed E-state index contributed by atoms with van der Waals surface area (Å²) < 4.78 is 23.3. The normalized spacial score (nSPS) is 11.3. The Morgan fingerprint density at radius 1 is 1.15 bits per heavy atom. The summed E-state index contributed by atoms with van der Waals surface area (Å²) in [4.78, 5) is 30.7. The van der Waals surface area contributed by atoms with Gasteiger partial charge >= 0.3 is 0 Å². The molecule has 5 rings (SSSR count). The van der Waals surface area contributed by atoms with Crippen LogP contribution in [0.1, 0.15) is 11.3 Å². The molecular formula is C29H26FN7O2. The van der Waals surface area contributed by atoms with Gasteiger partial charge in [-0.15, -0.1) is 0 Å². The van der Waals surface area contributed by atoms with Crippen LogP contribution in [0, 0.1) is 12.7 Å². The van der Waals surface area contributed by atoms with E-state index in [0.29, 0.717) is 46.2 Å². The van der Waals surface area contributed by atoms with Crippen molar-refractivity contribution in [2.45, 2.75) is 6.92 Å². The molecule has 0 atom stereocenters. The number of hydrogen-bond acceptors (Lipinski definition) is 7.